The van der Waals surface area contributed by atoms with Crippen molar-refractivity contribution in [2.45, 2.75) is 50.5 Å². The number of nitrogens with zero attached hydrogens (tertiary/aromatic N) is 1. The van der Waals surface area contributed by atoms with Crippen molar-refractivity contribution in [2.24, 2.45) is 5.41 Å². The molecule has 0 saturated heterocycles. The van der Waals surface area contributed by atoms with E-state index in [1.54, 1.807) is 25.1 Å². The van der Waals surface area contributed by atoms with Gasteiger partial charge >= 0.3 is 5.69 Å². The Morgan fingerprint density at radius 1 is 1.40 bits per heavy atom. The monoisotopic (exact) mass is 295 g/mol. The van der Waals surface area contributed by atoms with Gasteiger partial charge in [0, 0.05) is 22.8 Å². The van der Waals surface area contributed by atoms with Crippen molar-refractivity contribution >= 4 is 17.3 Å². The Balaban J connectivity index is 1.86. The predicted molar refractivity (Wildman–Crippen MR) is 77.4 cm³/mol. The molecule has 0 aliphatic heterocycles. The van der Waals surface area contributed by atoms with E-state index in [1.807, 2.05) is 0 Å². The van der Waals surface area contributed by atoms with Crippen molar-refractivity contribution in [1.82, 2.24) is 0 Å². The number of alkyl halides is 1. The highest BCUT2D eigenvalue weighted by Gasteiger charge is 2.57. The first-order valence-corrected chi connectivity index (χ1v) is 7.53. The quantitative estimate of drug-likeness (QED) is 0.476. The van der Waals surface area contributed by atoms with E-state index in [4.69, 9.17) is 16.3 Å². The minimum Gasteiger partial charge on any atom is -0.483 e. The van der Waals surface area contributed by atoms with Gasteiger partial charge in [0.05, 0.1) is 4.92 Å². The molecule has 0 N–H and O–H groups in total. The lowest BCUT2D eigenvalue weighted by atomic mass is 9.64. The molecule has 1 aromatic rings. The molecule has 0 radical (unpaired) electrons. The van der Waals surface area contributed by atoms with Crippen molar-refractivity contribution in [2.75, 3.05) is 0 Å². The van der Waals surface area contributed by atoms with E-state index in [9.17, 15) is 10.1 Å². The van der Waals surface area contributed by atoms with Crippen LogP contribution >= 0.6 is 11.6 Å². The van der Waals surface area contributed by atoms with Crippen molar-refractivity contribution in [3.05, 3.63) is 33.9 Å². The molecule has 1 aromatic carbocycles. The van der Waals surface area contributed by atoms with E-state index < -0.39 is 0 Å². The molecular weight excluding hydrogens is 278 g/mol. The van der Waals surface area contributed by atoms with Gasteiger partial charge in [-0.25, -0.2) is 0 Å². The van der Waals surface area contributed by atoms with E-state index in [2.05, 4.69) is 0 Å². The van der Waals surface area contributed by atoms with Gasteiger partial charge < -0.3 is 4.74 Å². The Hall–Kier alpha value is -1.29. The van der Waals surface area contributed by atoms with E-state index in [0.29, 0.717) is 11.3 Å². The molecule has 2 unspecified atom stereocenters. The van der Waals surface area contributed by atoms with Crippen LogP contribution in [-0.2, 0) is 0 Å². The number of hydrogen-bond acceptors (Lipinski definition) is 3. The molecule has 2 aliphatic carbocycles. The fourth-order valence-corrected chi connectivity index (χ4v) is 4.17. The summed E-state index contributed by atoms with van der Waals surface area (Å²) in [6, 6.07) is 5.23. The summed E-state index contributed by atoms with van der Waals surface area (Å²) in [4.78, 5) is 10.8. The van der Waals surface area contributed by atoms with E-state index >= 15 is 0 Å². The minimum absolute atomic E-state index is 0.0213. The number of rotatable bonds is 3. The molecular formula is C15H18ClNO3. The molecule has 108 valence electrons. The zero-order valence-corrected chi connectivity index (χ0v) is 12.2. The summed E-state index contributed by atoms with van der Waals surface area (Å²) < 4.78 is 6.01. The van der Waals surface area contributed by atoms with Gasteiger partial charge in [-0.1, -0.05) is 25.0 Å². The van der Waals surface area contributed by atoms with Gasteiger partial charge in [0.1, 0.15) is 6.10 Å². The third-order valence-corrected chi connectivity index (χ3v) is 5.49. The van der Waals surface area contributed by atoms with Gasteiger partial charge in [-0.3, -0.25) is 10.1 Å². The molecule has 0 heterocycles. The first kappa shape index (κ1) is 13.7. The van der Waals surface area contributed by atoms with E-state index in [1.165, 1.54) is 12.8 Å². The molecule has 0 amide bonds. The highest BCUT2D eigenvalue weighted by atomic mass is 35.5. The van der Waals surface area contributed by atoms with Gasteiger partial charge in [0.15, 0.2) is 5.75 Å². The zero-order chi connectivity index (χ0) is 14.3. The second-order valence-electron chi connectivity index (χ2n) is 5.93. The highest BCUT2D eigenvalue weighted by molar-refractivity contribution is 6.21. The summed E-state index contributed by atoms with van der Waals surface area (Å²) in [6.45, 7) is 1.74. The van der Waals surface area contributed by atoms with Crippen molar-refractivity contribution in [3.63, 3.8) is 0 Å². The van der Waals surface area contributed by atoms with Gasteiger partial charge in [0.2, 0.25) is 0 Å². The Labute approximate surface area is 123 Å². The molecule has 2 saturated carbocycles. The molecule has 2 atom stereocenters. The lowest BCUT2D eigenvalue weighted by Crippen LogP contribution is -2.55. The summed E-state index contributed by atoms with van der Waals surface area (Å²) >= 11 is 6.39. The Bertz CT molecular complexity index is 540. The second-order valence-corrected chi connectivity index (χ2v) is 6.46. The van der Waals surface area contributed by atoms with Crippen LogP contribution in [0.5, 0.6) is 5.75 Å². The van der Waals surface area contributed by atoms with Crippen molar-refractivity contribution < 1.29 is 9.66 Å². The minimum atomic E-state index is -0.358. The van der Waals surface area contributed by atoms with E-state index in [0.717, 1.165) is 19.3 Å². The number of hydrogen-bond donors (Lipinski definition) is 0. The van der Waals surface area contributed by atoms with Crippen LogP contribution in [0.25, 0.3) is 0 Å². The molecule has 3 rings (SSSR count). The van der Waals surface area contributed by atoms with Crippen LogP contribution in [0.3, 0.4) is 0 Å². The number of para-hydroxylation sites is 1. The van der Waals surface area contributed by atoms with Crippen molar-refractivity contribution in [1.29, 1.82) is 0 Å². The third kappa shape index (κ3) is 1.97. The second kappa shape index (κ2) is 4.92. The maximum Gasteiger partial charge on any atom is 0.313 e. The Morgan fingerprint density at radius 3 is 2.70 bits per heavy atom. The summed E-state index contributed by atoms with van der Waals surface area (Å²) in [6.07, 6.45) is 5.31. The van der Waals surface area contributed by atoms with Gasteiger partial charge in [0.25, 0.3) is 0 Å². The number of nitro benzene ring substituents is 1. The average molecular weight is 296 g/mol. The van der Waals surface area contributed by atoms with Crippen LogP contribution in [0.4, 0.5) is 5.69 Å². The molecule has 0 bridgehead atoms. The first-order valence-electron chi connectivity index (χ1n) is 7.09. The van der Waals surface area contributed by atoms with Crippen LogP contribution in [0.2, 0.25) is 0 Å². The maximum atomic E-state index is 11.2. The molecule has 2 fully saturated rings. The normalized spacial score (nSPS) is 27.3. The Kier molecular flexibility index (Phi) is 3.36. The molecule has 1 spiro atoms. The fraction of sp³-hybridized carbons (Fsp3) is 0.600. The van der Waals surface area contributed by atoms with Crippen LogP contribution in [0, 0.1) is 22.5 Å². The van der Waals surface area contributed by atoms with Crippen LogP contribution < -0.4 is 4.74 Å². The lowest BCUT2D eigenvalue weighted by molar-refractivity contribution is -0.386. The SMILES string of the molecule is Cc1cccc(OC2CC(Cl)C23CCCC3)c1[N+](=O)[O-]. The number of nitro groups is 1. The standard InChI is InChI=1S/C15H18ClNO3/c1-10-5-4-6-11(14(10)17(18)19)20-13-9-12(16)15(13)7-2-3-8-15/h4-6,12-13H,2-3,7-9H2,1H3. The summed E-state index contributed by atoms with van der Waals surface area (Å²) in [5.41, 5.74) is 0.757. The molecule has 5 heteroatoms. The van der Waals surface area contributed by atoms with Crippen LogP contribution in [0.15, 0.2) is 18.2 Å². The predicted octanol–water partition coefficient (Wildman–Crippen LogP) is 4.22. The first-order chi connectivity index (χ1) is 9.54. The number of ether oxygens (including phenoxy) is 1. The van der Waals surface area contributed by atoms with Crippen LogP contribution in [-0.4, -0.2) is 16.4 Å². The highest BCUT2D eigenvalue weighted by Crippen LogP contribution is 2.57. The van der Waals surface area contributed by atoms with E-state index in [-0.39, 0.29) is 27.5 Å². The van der Waals surface area contributed by atoms with Gasteiger partial charge in [-0.15, -0.1) is 11.6 Å². The number of aryl methyl sites for hydroxylation is 1. The average Bonchev–Trinajstić information content (AvgIpc) is 2.90. The smallest absolute Gasteiger partial charge is 0.313 e. The topological polar surface area (TPSA) is 52.4 Å². The Morgan fingerprint density at radius 2 is 2.10 bits per heavy atom. The third-order valence-electron chi connectivity index (χ3n) is 4.87. The maximum absolute atomic E-state index is 11.2. The number of benzene rings is 1. The van der Waals surface area contributed by atoms with Crippen molar-refractivity contribution in [3.8, 4) is 5.75 Å². The molecule has 2 aliphatic rings. The van der Waals surface area contributed by atoms with Crippen LogP contribution in [0.1, 0.15) is 37.7 Å². The largest absolute Gasteiger partial charge is 0.483 e. The molecule has 20 heavy (non-hydrogen) atoms. The summed E-state index contributed by atoms with van der Waals surface area (Å²) in [5, 5.41) is 11.4. The molecule has 0 aromatic heterocycles. The molecule has 4 nitrogen and oxygen atoms in total. The van der Waals surface area contributed by atoms with Gasteiger partial charge in [-0.05, 0) is 25.8 Å². The summed E-state index contributed by atoms with van der Waals surface area (Å²) in [7, 11) is 0. The summed E-state index contributed by atoms with van der Waals surface area (Å²) in [5.74, 6) is 0.384. The number of halogens is 1. The fourth-order valence-electron chi connectivity index (χ4n) is 3.65. The van der Waals surface area contributed by atoms with Gasteiger partial charge in [-0.2, -0.15) is 0 Å². The zero-order valence-electron chi connectivity index (χ0n) is 11.5. The lowest BCUT2D eigenvalue weighted by Gasteiger charge is -2.50.